The van der Waals surface area contributed by atoms with Crippen molar-refractivity contribution in [1.29, 1.82) is 0 Å². The molecule has 0 radical (unpaired) electrons. The van der Waals surface area contributed by atoms with Crippen molar-refractivity contribution in [2.75, 3.05) is 11.9 Å². The van der Waals surface area contributed by atoms with Crippen molar-refractivity contribution in [3.05, 3.63) is 76.2 Å². The van der Waals surface area contributed by atoms with Gasteiger partial charge in [0.25, 0.3) is 5.56 Å². The molecule has 4 aromatic rings. The lowest BCUT2D eigenvalue weighted by atomic mass is 10.1. The number of nitrogens with one attached hydrogen (secondary N) is 1. The van der Waals surface area contributed by atoms with Gasteiger partial charge in [-0.25, -0.2) is 9.31 Å². The number of hydrogen-bond acceptors (Lipinski definition) is 5. The maximum atomic E-state index is 13.4. The lowest BCUT2D eigenvalue weighted by molar-refractivity contribution is -0.119. The van der Waals surface area contributed by atoms with Crippen LogP contribution in [0, 0.1) is 6.92 Å². The minimum Gasteiger partial charge on any atom is -0.462 e. The predicted molar refractivity (Wildman–Crippen MR) is 122 cm³/mol. The summed E-state index contributed by atoms with van der Waals surface area (Å²) < 4.78 is 8.73. The van der Waals surface area contributed by atoms with Gasteiger partial charge in [-0.15, -0.1) is 0 Å². The summed E-state index contributed by atoms with van der Waals surface area (Å²) in [5.74, 6) is -0.682. The molecule has 0 unspecified atom stereocenters. The second-order valence-corrected chi connectivity index (χ2v) is 7.45. The fraction of sp³-hybridized carbons (Fsp3) is 0.250. The van der Waals surface area contributed by atoms with Gasteiger partial charge in [0.15, 0.2) is 5.65 Å². The van der Waals surface area contributed by atoms with E-state index in [1.807, 2.05) is 47.3 Å². The number of carbonyl (C=O) groups is 2. The van der Waals surface area contributed by atoms with Crippen LogP contribution in [0.4, 0.5) is 5.69 Å². The molecule has 0 aliphatic heterocycles. The molecule has 0 aliphatic rings. The number of fused-ring (bicyclic) bond motifs is 3. The van der Waals surface area contributed by atoms with E-state index in [2.05, 4.69) is 10.3 Å². The SMILES string of the molecule is CCOC(=O)c1cccc(NC(=O)[C@H](CC)n2c3ccccc3c3nc(=O)cc(C)n32)c1. The van der Waals surface area contributed by atoms with Gasteiger partial charge in [0, 0.05) is 22.8 Å². The van der Waals surface area contributed by atoms with E-state index in [9.17, 15) is 14.4 Å². The minimum absolute atomic E-state index is 0.241. The molecular weight excluding hydrogens is 408 g/mol. The Morgan fingerprint density at radius 3 is 2.62 bits per heavy atom. The Labute approximate surface area is 184 Å². The summed E-state index contributed by atoms with van der Waals surface area (Å²) in [6, 6.07) is 15.1. The molecule has 0 fully saturated rings. The van der Waals surface area contributed by atoms with E-state index in [4.69, 9.17) is 4.74 Å². The number of aryl methyl sites for hydroxylation is 1. The van der Waals surface area contributed by atoms with Crippen LogP contribution in [0.3, 0.4) is 0 Å². The van der Waals surface area contributed by atoms with Gasteiger partial charge in [-0.1, -0.05) is 25.1 Å². The van der Waals surface area contributed by atoms with Crippen molar-refractivity contribution in [1.82, 2.24) is 14.2 Å². The van der Waals surface area contributed by atoms with Gasteiger partial charge in [0.1, 0.15) is 6.04 Å². The highest BCUT2D eigenvalue weighted by molar-refractivity contribution is 5.98. The van der Waals surface area contributed by atoms with Gasteiger partial charge in [-0.2, -0.15) is 4.98 Å². The fourth-order valence-electron chi connectivity index (χ4n) is 3.95. The molecular formula is C24H24N4O4. The largest absolute Gasteiger partial charge is 0.462 e. The third-order valence-corrected chi connectivity index (χ3v) is 5.32. The Morgan fingerprint density at radius 1 is 1.09 bits per heavy atom. The van der Waals surface area contributed by atoms with E-state index >= 15 is 0 Å². The van der Waals surface area contributed by atoms with Crippen molar-refractivity contribution in [2.45, 2.75) is 33.2 Å². The molecule has 4 rings (SSSR count). The van der Waals surface area contributed by atoms with E-state index in [-0.39, 0.29) is 18.1 Å². The van der Waals surface area contributed by atoms with Crippen LogP contribution in [0.5, 0.6) is 0 Å². The molecule has 0 aliphatic carbocycles. The molecule has 1 amide bonds. The molecule has 0 saturated carbocycles. The number of anilines is 1. The molecule has 2 heterocycles. The Kier molecular flexibility index (Phi) is 5.77. The summed E-state index contributed by atoms with van der Waals surface area (Å²) in [5.41, 5.74) is 2.55. The Bertz CT molecular complexity index is 1390. The average molecular weight is 432 g/mol. The van der Waals surface area contributed by atoms with Crippen LogP contribution in [0.1, 0.15) is 42.4 Å². The minimum atomic E-state index is -0.577. The van der Waals surface area contributed by atoms with E-state index in [0.29, 0.717) is 29.0 Å². The third kappa shape index (κ3) is 3.75. The standard InChI is InChI=1S/C24H24N4O4/c1-4-19(23(30)25-17-10-8-9-16(14-17)24(31)32-5-2)28-20-12-7-6-11-18(20)22-26-21(29)13-15(3)27(22)28/h6-14,19H,4-5H2,1-3H3,(H,25,30)/t19-/m0/s1. The summed E-state index contributed by atoms with van der Waals surface area (Å²) >= 11 is 0. The number of carbonyl (C=O) groups excluding carboxylic acids is 2. The molecule has 0 bridgehead atoms. The topological polar surface area (TPSA) is 94.7 Å². The number of hydrogen-bond donors (Lipinski definition) is 1. The second kappa shape index (κ2) is 8.66. The van der Waals surface area contributed by atoms with Gasteiger partial charge in [0.2, 0.25) is 5.91 Å². The van der Waals surface area contributed by atoms with E-state index in [1.165, 1.54) is 6.07 Å². The molecule has 2 aromatic heterocycles. The summed E-state index contributed by atoms with van der Waals surface area (Å²) in [5, 5.41) is 3.71. The smallest absolute Gasteiger partial charge is 0.338 e. The molecule has 1 atom stereocenters. The molecule has 1 N–H and O–H groups in total. The molecule has 0 spiro atoms. The van der Waals surface area contributed by atoms with Crippen LogP contribution < -0.4 is 10.9 Å². The Hall–Kier alpha value is -3.94. The fourth-order valence-corrected chi connectivity index (χ4v) is 3.95. The van der Waals surface area contributed by atoms with Crippen LogP contribution >= 0.6 is 0 Å². The molecule has 8 heteroatoms. The Balaban J connectivity index is 1.78. The number of aromatic nitrogens is 3. The zero-order valence-corrected chi connectivity index (χ0v) is 18.2. The highest BCUT2D eigenvalue weighted by atomic mass is 16.5. The first kappa shape index (κ1) is 21.3. The highest BCUT2D eigenvalue weighted by Gasteiger charge is 2.25. The number of nitrogens with zero attached hydrogens (tertiary/aromatic N) is 3. The first-order valence-electron chi connectivity index (χ1n) is 10.5. The predicted octanol–water partition coefficient (Wildman–Crippen LogP) is 3.72. The van der Waals surface area contributed by atoms with E-state index < -0.39 is 12.0 Å². The summed E-state index contributed by atoms with van der Waals surface area (Å²) in [6.45, 7) is 5.76. The van der Waals surface area contributed by atoms with Gasteiger partial charge in [-0.05, 0) is 50.6 Å². The molecule has 32 heavy (non-hydrogen) atoms. The number of esters is 1. The van der Waals surface area contributed by atoms with Crippen LogP contribution in [-0.2, 0) is 9.53 Å². The molecule has 164 valence electrons. The summed E-state index contributed by atoms with van der Waals surface area (Å²) in [7, 11) is 0. The van der Waals surface area contributed by atoms with Crippen molar-refractivity contribution >= 4 is 34.1 Å². The van der Waals surface area contributed by atoms with Crippen molar-refractivity contribution in [3.63, 3.8) is 0 Å². The number of rotatable bonds is 6. The van der Waals surface area contributed by atoms with Gasteiger partial charge in [0.05, 0.1) is 17.7 Å². The maximum absolute atomic E-state index is 13.4. The molecule has 8 nitrogen and oxygen atoms in total. The quantitative estimate of drug-likeness (QED) is 0.469. The highest BCUT2D eigenvalue weighted by Crippen LogP contribution is 2.27. The van der Waals surface area contributed by atoms with Crippen LogP contribution in [-0.4, -0.2) is 32.7 Å². The first-order chi connectivity index (χ1) is 15.4. The van der Waals surface area contributed by atoms with E-state index in [1.54, 1.807) is 31.2 Å². The number of benzene rings is 2. The first-order valence-corrected chi connectivity index (χ1v) is 10.5. The lowest BCUT2D eigenvalue weighted by Crippen LogP contribution is -2.29. The van der Waals surface area contributed by atoms with Gasteiger partial charge < -0.3 is 10.1 Å². The van der Waals surface area contributed by atoms with Crippen LogP contribution in [0.2, 0.25) is 0 Å². The van der Waals surface area contributed by atoms with Crippen LogP contribution in [0.15, 0.2) is 59.4 Å². The number of para-hydroxylation sites is 1. The molecule has 0 saturated heterocycles. The molecule has 2 aromatic carbocycles. The monoisotopic (exact) mass is 432 g/mol. The average Bonchev–Trinajstić information content (AvgIpc) is 3.09. The summed E-state index contributed by atoms with van der Waals surface area (Å²) in [6.07, 6.45) is 0.503. The maximum Gasteiger partial charge on any atom is 0.338 e. The van der Waals surface area contributed by atoms with E-state index in [0.717, 1.165) is 10.9 Å². The number of amides is 1. The van der Waals surface area contributed by atoms with Crippen molar-refractivity contribution in [3.8, 4) is 0 Å². The summed E-state index contributed by atoms with van der Waals surface area (Å²) in [4.78, 5) is 41.7. The van der Waals surface area contributed by atoms with Crippen LogP contribution in [0.25, 0.3) is 16.6 Å². The van der Waals surface area contributed by atoms with Crippen molar-refractivity contribution < 1.29 is 14.3 Å². The third-order valence-electron chi connectivity index (χ3n) is 5.32. The van der Waals surface area contributed by atoms with Crippen molar-refractivity contribution in [2.24, 2.45) is 0 Å². The number of ether oxygens (including phenoxy) is 1. The zero-order chi connectivity index (χ0) is 22.8. The zero-order valence-electron chi connectivity index (χ0n) is 18.2. The second-order valence-electron chi connectivity index (χ2n) is 7.45. The normalized spacial score (nSPS) is 12.1. The van der Waals surface area contributed by atoms with Gasteiger partial charge >= 0.3 is 5.97 Å². The Morgan fingerprint density at radius 2 is 1.88 bits per heavy atom. The van der Waals surface area contributed by atoms with Gasteiger partial charge in [-0.3, -0.25) is 14.3 Å². The lowest BCUT2D eigenvalue weighted by Gasteiger charge is -2.20.